The van der Waals surface area contributed by atoms with Crippen molar-refractivity contribution in [1.82, 2.24) is 0 Å². The first-order chi connectivity index (χ1) is 6.88. The molecule has 0 saturated carbocycles. The van der Waals surface area contributed by atoms with Crippen LogP contribution in [-0.2, 0) is 11.2 Å². The van der Waals surface area contributed by atoms with Crippen LogP contribution in [0, 0.1) is 0 Å². The lowest BCUT2D eigenvalue weighted by Gasteiger charge is -2.11. The Morgan fingerprint density at radius 3 is 2.50 bits per heavy atom. The number of hydrogen-bond acceptors (Lipinski definition) is 2. The van der Waals surface area contributed by atoms with Gasteiger partial charge in [-0.25, -0.2) is 0 Å². The molecule has 0 radical (unpaired) electrons. The number of aliphatic hydroxyl groups is 1. The van der Waals surface area contributed by atoms with Crippen LogP contribution in [0.15, 0.2) is 30.3 Å². The summed E-state index contributed by atoms with van der Waals surface area (Å²) in [6.07, 6.45) is 3.41. The topological polar surface area (TPSA) is 29.5 Å². The summed E-state index contributed by atoms with van der Waals surface area (Å²) >= 11 is 0. The number of rotatable bonds is 3. The number of benzene rings is 1. The standard InChI is InChI=1S/C12H16O2/c13-9-12-7-6-11(14-12)8-10-4-2-1-3-5-10/h1-5,11-13H,6-9H2/t11-,12-/m0/s1. The molecule has 0 unspecified atom stereocenters. The Bertz CT molecular complexity index is 271. The Hall–Kier alpha value is -0.860. The molecule has 2 rings (SSSR count). The number of ether oxygens (including phenoxy) is 1. The summed E-state index contributed by atoms with van der Waals surface area (Å²) < 4.78 is 5.66. The molecule has 1 aromatic rings. The van der Waals surface area contributed by atoms with E-state index in [1.807, 2.05) is 18.2 Å². The summed E-state index contributed by atoms with van der Waals surface area (Å²) in [5.41, 5.74) is 1.32. The summed E-state index contributed by atoms with van der Waals surface area (Å²) in [5, 5.41) is 8.92. The van der Waals surface area contributed by atoms with Gasteiger partial charge in [-0.1, -0.05) is 30.3 Å². The van der Waals surface area contributed by atoms with Gasteiger partial charge in [0.15, 0.2) is 0 Å². The molecule has 0 spiro atoms. The molecule has 1 aromatic carbocycles. The van der Waals surface area contributed by atoms with E-state index in [4.69, 9.17) is 9.84 Å². The minimum absolute atomic E-state index is 0.0729. The van der Waals surface area contributed by atoms with Gasteiger partial charge in [0.1, 0.15) is 0 Å². The summed E-state index contributed by atoms with van der Waals surface area (Å²) in [7, 11) is 0. The zero-order valence-electron chi connectivity index (χ0n) is 8.23. The van der Waals surface area contributed by atoms with E-state index in [1.165, 1.54) is 5.56 Å². The van der Waals surface area contributed by atoms with Crippen LogP contribution in [0.2, 0.25) is 0 Å². The van der Waals surface area contributed by atoms with Crippen molar-refractivity contribution in [3.05, 3.63) is 35.9 Å². The second-order valence-electron chi connectivity index (χ2n) is 3.83. The van der Waals surface area contributed by atoms with E-state index in [2.05, 4.69) is 12.1 Å². The van der Waals surface area contributed by atoms with Gasteiger partial charge in [0.05, 0.1) is 18.8 Å². The molecule has 0 aliphatic carbocycles. The molecule has 2 heteroatoms. The lowest BCUT2D eigenvalue weighted by Crippen LogP contribution is -2.16. The number of aliphatic hydroxyl groups excluding tert-OH is 1. The Morgan fingerprint density at radius 1 is 1.14 bits per heavy atom. The lowest BCUT2D eigenvalue weighted by molar-refractivity contribution is 0.0123. The monoisotopic (exact) mass is 192 g/mol. The maximum atomic E-state index is 8.92. The zero-order valence-corrected chi connectivity index (χ0v) is 8.23. The van der Waals surface area contributed by atoms with E-state index in [9.17, 15) is 0 Å². The second-order valence-corrected chi connectivity index (χ2v) is 3.83. The highest BCUT2D eigenvalue weighted by Crippen LogP contribution is 2.22. The molecule has 1 aliphatic heterocycles. The van der Waals surface area contributed by atoms with E-state index < -0.39 is 0 Å². The predicted octanol–water partition coefficient (Wildman–Crippen LogP) is 1.77. The summed E-state index contributed by atoms with van der Waals surface area (Å²) in [4.78, 5) is 0. The Kier molecular flexibility index (Phi) is 3.17. The predicted molar refractivity (Wildman–Crippen MR) is 55.1 cm³/mol. The van der Waals surface area contributed by atoms with Crippen LogP contribution in [0.4, 0.5) is 0 Å². The fourth-order valence-corrected chi connectivity index (χ4v) is 1.94. The molecule has 2 atom stereocenters. The molecule has 1 aliphatic rings. The molecule has 1 saturated heterocycles. The highest BCUT2D eigenvalue weighted by molar-refractivity contribution is 5.15. The molecular formula is C12H16O2. The van der Waals surface area contributed by atoms with Crippen LogP contribution in [0.5, 0.6) is 0 Å². The van der Waals surface area contributed by atoms with E-state index >= 15 is 0 Å². The van der Waals surface area contributed by atoms with Crippen molar-refractivity contribution < 1.29 is 9.84 Å². The van der Waals surface area contributed by atoms with Crippen molar-refractivity contribution in [2.45, 2.75) is 31.5 Å². The smallest absolute Gasteiger partial charge is 0.0810 e. The highest BCUT2D eigenvalue weighted by Gasteiger charge is 2.24. The average Bonchev–Trinajstić information content (AvgIpc) is 2.67. The molecule has 1 heterocycles. The van der Waals surface area contributed by atoms with Crippen LogP contribution in [0.3, 0.4) is 0 Å². The largest absolute Gasteiger partial charge is 0.394 e. The molecule has 2 nitrogen and oxygen atoms in total. The molecular weight excluding hydrogens is 176 g/mol. The van der Waals surface area contributed by atoms with Crippen LogP contribution in [0.25, 0.3) is 0 Å². The molecule has 0 amide bonds. The molecule has 76 valence electrons. The molecule has 0 bridgehead atoms. The Labute approximate surface area is 84.5 Å². The van der Waals surface area contributed by atoms with Crippen molar-refractivity contribution in [3.8, 4) is 0 Å². The van der Waals surface area contributed by atoms with E-state index in [-0.39, 0.29) is 12.7 Å². The van der Waals surface area contributed by atoms with Crippen molar-refractivity contribution >= 4 is 0 Å². The van der Waals surface area contributed by atoms with Crippen molar-refractivity contribution in [3.63, 3.8) is 0 Å². The minimum Gasteiger partial charge on any atom is -0.394 e. The van der Waals surface area contributed by atoms with E-state index in [0.717, 1.165) is 19.3 Å². The Morgan fingerprint density at radius 2 is 1.86 bits per heavy atom. The normalized spacial score (nSPS) is 26.6. The van der Waals surface area contributed by atoms with Gasteiger partial charge in [-0.15, -0.1) is 0 Å². The highest BCUT2D eigenvalue weighted by atomic mass is 16.5. The minimum atomic E-state index is 0.0729. The van der Waals surface area contributed by atoms with Crippen molar-refractivity contribution in [1.29, 1.82) is 0 Å². The van der Waals surface area contributed by atoms with Gasteiger partial charge in [-0.05, 0) is 24.8 Å². The van der Waals surface area contributed by atoms with Crippen molar-refractivity contribution in [2.24, 2.45) is 0 Å². The van der Waals surface area contributed by atoms with Gasteiger partial charge in [0, 0.05) is 0 Å². The van der Waals surface area contributed by atoms with Gasteiger partial charge >= 0.3 is 0 Å². The van der Waals surface area contributed by atoms with Crippen LogP contribution in [0.1, 0.15) is 18.4 Å². The third-order valence-electron chi connectivity index (χ3n) is 2.71. The first-order valence-corrected chi connectivity index (χ1v) is 5.18. The Balaban J connectivity index is 1.88. The third kappa shape index (κ3) is 2.34. The summed E-state index contributed by atoms with van der Waals surface area (Å²) in [5.74, 6) is 0. The quantitative estimate of drug-likeness (QED) is 0.791. The van der Waals surface area contributed by atoms with Crippen molar-refractivity contribution in [2.75, 3.05) is 6.61 Å². The first kappa shape index (κ1) is 9.69. The molecule has 14 heavy (non-hydrogen) atoms. The maximum absolute atomic E-state index is 8.92. The van der Waals surface area contributed by atoms with Gasteiger partial charge in [-0.3, -0.25) is 0 Å². The van der Waals surface area contributed by atoms with E-state index in [0.29, 0.717) is 6.10 Å². The van der Waals surface area contributed by atoms with Gasteiger partial charge in [0.25, 0.3) is 0 Å². The molecule has 1 fully saturated rings. The lowest BCUT2D eigenvalue weighted by atomic mass is 10.1. The number of hydrogen-bond donors (Lipinski definition) is 1. The summed E-state index contributed by atoms with van der Waals surface area (Å²) in [6, 6.07) is 10.4. The fraction of sp³-hybridized carbons (Fsp3) is 0.500. The maximum Gasteiger partial charge on any atom is 0.0810 e. The van der Waals surface area contributed by atoms with Gasteiger partial charge in [-0.2, -0.15) is 0 Å². The van der Waals surface area contributed by atoms with Gasteiger partial charge in [0.2, 0.25) is 0 Å². The first-order valence-electron chi connectivity index (χ1n) is 5.18. The van der Waals surface area contributed by atoms with Crippen LogP contribution < -0.4 is 0 Å². The SMILES string of the molecule is OC[C@@H]1CC[C@@H](Cc2ccccc2)O1. The second kappa shape index (κ2) is 4.58. The van der Waals surface area contributed by atoms with Gasteiger partial charge < -0.3 is 9.84 Å². The molecule has 0 aromatic heterocycles. The molecule has 1 N–H and O–H groups in total. The third-order valence-corrected chi connectivity index (χ3v) is 2.71. The fourth-order valence-electron chi connectivity index (χ4n) is 1.94. The van der Waals surface area contributed by atoms with Crippen LogP contribution >= 0.6 is 0 Å². The average molecular weight is 192 g/mol. The van der Waals surface area contributed by atoms with Crippen LogP contribution in [-0.4, -0.2) is 23.9 Å². The summed E-state index contributed by atoms with van der Waals surface area (Å²) in [6.45, 7) is 0.158. The van der Waals surface area contributed by atoms with E-state index in [1.54, 1.807) is 0 Å². The zero-order chi connectivity index (χ0) is 9.80.